The van der Waals surface area contributed by atoms with Crippen molar-refractivity contribution >= 4 is 11.7 Å². The highest BCUT2D eigenvalue weighted by Gasteiger charge is 2.12. The molecule has 1 aromatic carbocycles. The van der Waals surface area contributed by atoms with Gasteiger partial charge in [-0.15, -0.1) is 0 Å². The third-order valence-electron chi connectivity index (χ3n) is 3.00. The van der Waals surface area contributed by atoms with Crippen LogP contribution in [0.2, 0.25) is 0 Å². The SMILES string of the molecule is COc1ccc(-c2cn3cccnc3n2)cc1C(N)=O. The maximum atomic E-state index is 11.4. The molecule has 100 valence electrons. The van der Waals surface area contributed by atoms with Crippen LogP contribution in [-0.2, 0) is 0 Å². The lowest BCUT2D eigenvalue weighted by atomic mass is 10.1. The number of fused-ring (bicyclic) bond motifs is 1. The quantitative estimate of drug-likeness (QED) is 0.780. The number of hydrogen-bond donors (Lipinski definition) is 1. The number of ether oxygens (including phenoxy) is 1. The van der Waals surface area contributed by atoms with Gasteiger partial charge in [-0.05, 0) is 24.3 Å². The van der Waals surface area contributed by atoms with Gasteiger partial charge in [-0.3, -0.25) is 9.20 Å². The van der Waals surface area contributed by atoms with Crippen LogP contribution in [0.5, 0.6) is 5.75 Å². The summed E-state index contributed by atoms with van der Waals surface area (Å²) in [5.41, 5.74) is 7.18. The van der Waals surface area contributed by atoms with Crippen LogP contribution in [0, 0.1) is 0 Å². The average Bonchev–Trinajstić information content (AvgIpc) is 2.90. The number of nitrogens with zero attached hydrogens (tertiary/aromatic N) is 3. The Kier molecular flexibility index (Phi) is 2.83. The minimum absolute atomic E-state index is 0.329. The summed E-state index contributed by atoms with van der Waals surface area (Å²) >= 11 is 0. The van der Waals surface area contributed by atoms with Gasteiger partial charge >= 0.3 is 0 Å². The van der Waals surface area contributed by atoms with Crippen molar-refractivity contribution in [3.63, 3.8) is 0 Å². The summed E-state index contributed by atoms with van der Waals surface area (Å²) < 4.78 is 6.93. The Labute approximate surface area is 114 Å². The van der Waals surface area contributed by atoms with E-state index in [4.69, 9.17) is 10.5 Å². The average molecular weight is 268 g/mol. The van der Waals surface area contributed by atoms with Gasteiger partial charge < -0.3 is 10.5 Å². The van der Waals surface area contributed by atoms with E-state index < -0.39 is 5.91 Å². The number of nitrogens with two attached hydrogens (primary N) is 1. The Bertz CT molecular complexity index is 762. The minimum atomic E-state index is -0.536. The molecule has 0 saturated carbocycles. The van der Waals surface area contributed by atoms with Gasteiger partial charge in [-0.2, -0.15) is 0 Å². The highest BCUT2D eigenvalue weighted by Crippen LogP contribution is 2.25. The third-order valence-corrected chi connectivity index (χ3v) is 3.00. The largest absolute Gasteiger partial charge is 0.496 e. The zero-order chi connectivity index (χ0) is 14.1. The van der Waals surface area contributed by atoms with E-state index in [1.165, 1.54) is 7.11 Å². The van der Waals surface area contributed by atoms with Crippen LogP contribution in [0.1, 0.15) is 10.4 Å². The van der Waals surface area contributed by atoms with Crippen molar-refractivity contribution in [1.82, 2.24) is 14.4 Å². The highest BCUT2D eigenvalue weighted by molar-refractivity contribution is 5.97. The summed E-state index contributed by atoms with van der Waals surface area (Å²) in [5.74, 6) is 0.507. The molecule has 2 heterocycles. The predicted octanol–water partition coefficient (Wildman–Crippen LogP) is 1.50. The van der Waals surface area contributed by atoms with E-state index in [0.717, 1.165) is 5.56 Å². The Morgan fingerprint density at radius 3 is 2.95 bits per heavy atom. The molecule has 20 heavy (non-hydrogen) atoms. The topological polar surface area (TPSA) is 82.5 Å². The molecule has 6 nitrogen and oxygen atoms in total. The smallest absolute Gasteiger partial charge is 0.252 e. The van der Waals surface area contributed by atoms with Gasteiger partial charge in [-0.25, -0.2) is 9.97 Å². The number of benzene rings is 1. The fraction of sp³-hybridized carbons (Fsp3) is 0.0714. The summed E-state index contributed by atoms with van der Waals surface area (Å²) in [5, 5.41) is 0. The molecule has 1 amide bonds. The van der Waals surface area contributed by atoms with E-state index in [9.17, 15) is 4.79 Å². The lowest BCUT2D eigenvalue weighted by molar-refractivity contribution is 0.0997. The molecule has 0 spiro atoms. The zero-order valence-corrected chi connectivity index (χ0v) is 10.8. The first-order valence-electron chi connectivity index (χ1n) is 5.97. The normalized spacial score (nSPS) is 10.7. The van der Waals surface area contributed by atoms with Crippen LogP contribution in [0.4, 0.5) is 0 Å². The van der Waals surface area contributed by atoms with Crippen molar-refractivity contribution in [2.24, 2.45) is 5.73 Å². The number of imidazole rings is 1. The van der Waals surface area contributed by atoms with Crippen molar-refractivity contribution in [1.29, 1.82) is 0 Å². The fourth-order valence-electron chi connectivity index (χ4n) is 2.03. The van der Waals surface area contributed by atoms with Crippen LogP contribution in [0.3, 0.4) is 0 Å². The summed E-state index contributed by atoms with van der Waals surface area (Å²) in [6.07, 6.45) is 5.38. The molecule has 0 fully saturated rings. The molecule has 0 atom stereocenters. The number of primary amides is 1. The second-order valence-corrected chi connectivity index (χ2v) is 4.23. The monoisotopic (exact) mass is 268 g/mol. The molecule has 0 unspecified atom stereocenters. The van der Waals surface area contributed by atoms with Gasteiger partial charge in [0.05, 0.1) is 18.4 Å². The molecule has 0 bridgehead atoms. The Morgan fingerprint density at radius 2 is 2.25 bits per heavy atom. The molecule has 3 aromatic rings. The molecule has 0 aliphatic rings. The summed E-state index contributed by atoms with van der Waals surface area (Å²) in [6.45, 7) is 0. The molecule has 2 aromatic heterocycles. The minimum Gasteiger partial charge on any atom is -0.496 e. The standard InChI is InChI=1S/C14H12N4O2/c1-20-12-4-3-9(7-10(12)13(15)19)11-8-18-6-2-5-16-14(18)17-11/h2-8H,1H3,(H2,15,19). The second-order valence-electron chi connectivity index (χ2n) is 4.23. The van der Waals surface area contributed by atoms with E-state index >= 15 is 0 Å². The maximum absolute atomic E-state index is 11.4. The van der Waals surface area contributed by atoms with Crippen LogP contribution in [0.25, 0.3) is 17.0 Å². The molecule has 0 radical (unpaired) electrons. The molecule has 6 heteroatoms. The number of rotatable bonds is 3. The molecule has 3 rings (SSSR count). The van der Waals surface area contributed by atoms with Crippen LogP contribution >= 0.6 is 0 Å². The number of carbonyl (C=O) groups is 1. The van der Waals surface area contributed by atoms with Crippen LogP contribution < -0.4 is 10.5 Å². The second kappa shape index (κ2) is 4.65. The predicted molar refractivity (Wildman–Crippen MR) is 73.5 cm³/mol. The van der Waals surface area contributed by atoms with Crippen molar-refractivity contribution in [2.45, 2.75) is 0 Å². The van der Waals surface area contributed by atoms with Gasteiger partial charge in [0, 0.05) is 24.2 Å². The Balaban J connectivity index is 2.14. The van der Waals surface area contributed by atoms with Crippen molar-refractivity contribution in [2.75, 3.05) is 7.11 Å². The van der Waals surface area contributed by atoms with Gasteiger partial charge in [0.15, 0.2) is 0 Å². The summed E-state index contributed by atoms with van der Waals surface area (Å²) in [7, 11) is 1.50. The third kappa shape index (κ3) is 1.97. The number of aromatic nitrogens is 3. The number of amides is 1. The van der Waals surface area contributed by atoms with Gasteiger partial charge in [0.2, 0.25) is 5.78 Å². The first-order chi connectivity index (χ1) is 9.69. The number of methoxy groups -OCH3 is 1. The van der Waals surface area contributed by atoms with E-state index in [-0.39, 0.29) is 0 Å². The molecule has 0 aliphatic heterocycles. The Hall–Kier alpha value is -2.89. The highest BCUT2D eigenvalue weighted by atomic mass is 16.5. The van der Waals surface area contributed by atoms with Gasteiger partial charge in [0.1, 0.15) is 5.75 Å². The summed E-state index contributed by atoms with van der Waals surface area (Å²) in [4.78, 5) is 20.0. The molecule has 0 saturated heterocycles. The number of hydrogen-bond acceptors (Lipinski definition) is 4. The lowest BCUT2D eigenvalue weighted by Gasteiger charge is -2.06. The fourth-order valence-corrected chi connectivity index (χ4v) is 2.03. The number of carbonyl (C=O) groups excluding carboxylic acids is 1. The molecule has 0 aliphatic carbocycles. The maximum Gasteiger partial charge on any atom is 0.252 e. The van der Waals surface area contributed by atoms with E-state index in [0.29, 0.717) is 22.8 Å². The van der Waals surface area contributed by atoms with E-state index in [1.54, 1.807) is 18.3 Å². The van der Waals surface area contributed by atoms with Crippen molar-refractivity contribution in [3.8, 4) is 17.0 Å². The van der Waals surface area contributed by atoms with Crippen LogP contribution in [0.15, 0.2) is 42.9 Å². The van der Waals surface area contributed by atoms with Crippen LogP contribution in [-0.4, -0.2) is 27.4 Å². The first kappa shape index (κ1) is 12.2. The first-order valence-corrected chi connectivity index (χ1v) is 5.97. The molecule has 2 N–H and O–H groups in total. The van der Waals surface area contributed by atoms with Crippen molar-refractivity contribution < 1.29 is 9.53 Å². The van der Waals surface area contributed by atoms with E-state index in [1.807, 2.05) is 28.9 Å². The van der Waals surface area contributed by atoms with Crippen molar-refractivity contribution in [3.05, 3.63) is 48.4 Å². The zero-order valence-electron chi connectivity index (χ0n) is 10.8. The Morgan fingerprint density at radius 1 is 1.40 bits per heavy atom. The van der Waals surface area contributed by atoms with Gasteiger partial charge in [0.25, 0.3) is 5.91 Å². The van der Waals surface area contributed by atoms with E-state index in [2.05, 4.69) is 9.97 Å². The molecular weight excluding hydrogens is 256 g/mol. The summed E-state index contributed by atoms with van der Waals surface area (Å²) in [6, 6.07) is 7.02. The molecular formula is C14H12N4O2. The van der Waals surface area contributed by atoms with Gasteiger partial charge in [-0.1, -0.05) is 0 Å². The lowest BCUT2D eigenvalue weighted by Crippen LogP contribution is -2.12.